The monoisotopic (exact) mass is 402 g/mol. The number of aromatic nitrogens is 2. The Bertz CT molecular complexity index is 1070. The Labute approximate surface area is 161 Å². The number of anilines is 1. The average Bonchev–Trinajstić information content (AvgIpc) is 3.11. The van der Waals surface area contributed by atoms with Crippen molar-refractivity contribution in [1.82, 2.24) is 14.9 Å². The third-order valence-electron chi connectivity index (χ3n) is 4.50. The normalized spacial score (nSPS) is 15.3. The summed E-state index contributed by atoms with van der Waals surface area (Å²) in [6, 6.07) is 10.0. The third kappa shape index (κ3) is 3.65. The summed E-state index contributed by atoms with van der Waals surface area (Å²) >= 11 is 1.55. The van der Waals surface area contributed by atoms with Crippen LogP contribution < -0.4 is 4.90 Å². The molecule has 1 amide bonds. The first-order valence-corrected chi connectivity index (χ1v) is 11.2. The summed E-state index contributed by atoms with van der Waals surface area (Å²) in [5.74, 6) is -0.147. The predicted octanol–water partition coefficient (Wildman–Crippen LogP) is 2.06. The molecule has 0 radical (unpaired) electrons. The summed E-state index contributed by atoms with van der Waals surface area (Å²) in [6.07, 6.45) is 2.90. The molecule has 1 aliphatic heterocycles. The lowest BCUT2D eigenvalue weighted by Gasteiger charge is -2.34. The molecule has 1 fully saturated rings. The number of carbonyl (C=O) groups excluding carboxylic acids is 1. The van der Waals surface area contributed by atoms with Gasteiger partial charge in [-0.2, -0.15) is 0 Å². The van der Waals surface area contributed by atoms with E-state index >= 15 is 0 Å². The van der Waals surface area contributed by atoms with E-state index in [-0.39, 0.29) is 10.8 Å². The van der Waals surface area contributed by atoms with Gasteiger partial charge in [-0.3, -0.25) is 4.79 Å². The Morgan fingerprint density at radius 1 is 1.11 bits per heavy atom. The van der Waals surface area contributed by atoms with Gasteiger partial charge in [0.2, 0.25) is 0 Å². The van der Waals surface area contributed by atoms with Crippen LogP contribution in [0.4, 0.5) is 5.13 Å². The topological polar surface area (TPSA) is 83.5 Å². The van der Waals surface area contributed by atoms with Crippen molar-refractivity contribution in [1.29, 1.82) is 0 Å². The largest absolute Gasteiger partial charge is 0.344 e. The van der Waals surface area contributed by atoms with Crippen molar-refractivity contribution < 1.29 is 13.2 Å². The van der Waals surface area contributed by atoms with E-state index in [1.165, 1.54) is 12.1 Å². The van der Waals surface area contributed by atoms with E-state index in [0.717, 1.165) is 21.7 Å². The summed E-state index contributed by atoms with van der Waals surface area (Å²) < 4.78 is 23.4. The molecule has 3 aromatic rings. The quantitative estimate of drug-likeness (QED) is 0.667. The smallest absolute Gasteiger partial charge is 0.254 e. The number of nitrogens with zero attached hydrogens (tertiary/aromatic N) is 4. The number of rotatable bonds is 3. The highest BCUT2D eigenvalue weighted by Gasteiger charge is 2.24. The van der Waals surface area contributed by atoms with Crippen molar-refractivity contribution in [2.24, 2.45) is 0 Å². The molecule has 0 aliphatic carbocycles. The molecule has 0 unspecified atom stereocenters. The number of sulfone groups is 1. The van der Waals surface area contributed by atoms with Crippen LogP contribution in [-0.4, -0.2) is 61.6 Å². The first-order chi connectivity index (χ1) is 12.9. The molecule has 0 atom stereocenters. The van der Waals surface area contributed by atoms with Crippen molar-refractivity contribution in [2.75, 3.05) is 37.3 Å². The second-order valence-electron chi connectivity index (χ2n) is 6.40. The fourth-order valence-electron chi connectivity index (χ4n) is 3.04. The highest BCUT2D eigenvalue weighted by molar-refractivity contribution is 7.90. The maximum Gasteiger partial charge on any atom is 0.254 e. The van der Waals surface area contributed by atoms with Gasteiger partial charge in [0.1, 0.15) is 10.3 Å². The summed E-state index contributed by atoms with van der Waals surface area (Å²) in [5, 5.41) is 0.912. The molecule has 7 nitrogen and oxygen atoms in total. The number of amides is 1. The predicted molar refractivity (Wildman–Crippen MR) is 105 cm³/mol. The molecule has 0 N–H and O–H groups in total. The van der Waals surface area contributed by atoms with Crippen molar-refractivity contribution in [3.05, 3.63) is 48.2 Å². The van der Waals surface area contributed by atoms with Crippen molar-refractivity contribution >= 4 is 42.6 Å². The Morgan fingerprint density at radius 2 is 1.89 bits per heavy atom. The van der Waals surface area contributed by atoms with Gasteiger partial charge in [-0.25, -0.2) is 18.4 Å². The molecule has 3 heterocycles. The number of pyridine rings is 1. The third-order valence-corrected chi connectivity index (χ3v) is 6.65. The van der Waals surface area contributed by atoms with Crippen molar-refractivity contribution in [3.8, 4) is 0 Å². The number of benzene rings is 1. The van der Waals surface area contributed by atoms with Crippen molar-refractivity contribution in [2.45, 2.75) is 4.90 Å². The summed E-state index contributed by atoms with van der Waals surface area (Å²) in [5.41, 5.74) is 1.28. The maximum absolute atomic E-state index is 12.8. The van der Waals surface area contributed by atoms with Crippen LogP contribution in [0, 0.1) is 0 Å². The van der Waals surface area contributed by atoms with E-state index in [1.54, 1.807) is 34.6 Å². The van der Waals surface area contributed by atoms with Crippen LogP contribution >= 0.6 is 11.3 Å². The van der Waals surface area contributed by atoms with E-state index < -0.39 is 9.84 Å². The van der Waals surface area contributed by atoms with Crippen LogP contribution in [0.1, 0.15) is 10.4 Å². The van der Waals surface area contributed by atoms with Gasteiger partial charge in [0, 0.05) is 44.2 Å². The van der Waals surface area contributed by atoms with Gasteiger partial charge >= 0.3 is 0 Å². The molecule has 0 saturated carbocycles. The van der Waals surface area contributed by atoms with Gasteiger partial charge in [0.15, 0.2) is 15.0 Å². The molecular formula is C18H18N4O3S2. The lowest BCUT2D eigenvalue weighted by atomic mass is 10.2. The zero-order valence-corrected chi connectivity index (χ0v) is 16.3. The molecular weight excluding hydrogens is 384 g/mol. The Hall–Kier alpha value is -2.52. The van der Waals surface area contributed by atoms with Gasteiger partial charge in [0.25, 0.3) is 5.91 Å². The molecule has 1 aliphatic rings. The van der Waals surface area contributed by atoms with E-state index in [0.29, 0.717) is 31.7 Å². The van der Waals surface area contributed by atoms with Crippen LogP contribution in [0.25, 0.3) is 10.3 Å². The molecule has 1 aromatic carbocycles. The number of carbonyl (C=O) groups is 1. The maximum atomic E-state index is 12.8. The number of thiazole rings is 1. The van der Waals surface area contributed by atoms with Crippen LogP contribution in [0.15, 0.2) is 47.5 Å². The lowest BCUT2D eigenvalue weighted by Crippen LogP contribution is -2.48. The fourth-order valence-corrected chi connectivity index (χ4v) is 4.66. The van der Waals surface area contributed by atoms with Gasteiger partial charge in [-0.05, 0) is 30.3 Å². The molecule has 4 rings (SSSR count). The zero-order valence-electron chi connectivity index (χ0n) is 14.7. The van der Waals surface area contributed by atoms with Gasteiger partial charge in [-0.15, -0.1) is 0 Å². The highest BCUT2D eigenvalue weighted by atomic mass is 32.2. The molecule has 2 aromatic heterocycles. The van der Waals surface area contributed by atoms with E-state index in [2.05, 4.69) is 14.9 Å². The average molecular weight is 403 g/mol. The van der Waals surface area contributed by atoms with E-state index in [9.17, 15) is 13.2 Å². The number of fused-ring (bicyclic) bond motifs is 1. The van der Waals surface area contributed by atoms with Gasteiger partial charge < -0.3 is 9.80 Å². The van der Waals surface area contributed by atoms with Crippen LogP contribution in [0.5, 0.6) is 0 Å². The Balaban J connectivity index is 1.46. The van der Waals surface area contributed by atoms with Gasteiger partial charge in [0.05, 0.1) is 4.90 Å². The van der Waals surface area contributed by atoms with Crippen LogP contribution in [0.3, 0.4) is 0 Å². The van der Waals surface area contributed by atoms with E-state index in [1.807, 2.05) is 12.1 Å². The number of piperazine rings is 1. The lowest BCUT2D eigenvalue weighted by molar-refractivity contribution is 0.0746. The molecule has 0 spiro atoms. The first-order valence-electron chi connectivity index (χ1n) is 8.48. The summed E-state index contributed by atoms with van der Waals surface area (Å²) in [4.78, 5) is 26.7. The highest BCUT2D eigenvalue weighted by Crippen LogP contribution is 2.27. The van der Waals surface area contributed by atoms with Gasteiger partial charge in [-0.1, -0.05) is 17.4 Å². The fraction of sp³-hybridized carbons (Fsp3) is 0.278. The number of hydrogen-bond acceptors (Lipinski definition) is 7. The second kappa shape index (κ2) is 6.90. The minimum atomic E-state index is -3.34. The number of hydrogen-bond donors (Lipinski definition) is 0. The van der Waals surface area contributed by atoms with Crippen molar-refractivity contribution in [3.63, 3.8) is 0 Å². The standard InChI is InChI=1S/C18H18N4O3S2/c1-27(24,25)14-5-2-4-13(12-14)17(23)21-8-10-22(11-9-21)18-20-15-6-3-7-19-16(15)26-18/h2-7,12H,8-11H2,1H3. The molecule has 9 heteroatoms. The molecule has 0 bridgehead atoms. The van der Waals surface area contributed by atoms with Crippen LogP contribution in [0.2, 0.25) is 0 Å². The van der Waals surface area contributed by atoms with Crippen LogP contribution in [-0.2, 0) is 9.84 Å². The SMILES string of the molecule is CS(=O)(=O)c1cccc(C(=O)N2CCN(c3nc4cccnc4s3)CC2)c1. The second-order valence-corrected chi connectivity index (χ2v) is 9.38. The Kier molecular flexibility index (Phi) is 4.56. The summed E-state index contributed by atoms with van der Waals surface area (Å²) in [7, 11) is -3.34. The molecule has 27 heavy (non-hydrogen) atoms. The Morgan fingerprint density at radius 3 is 2.59 bits per heavy atom. The summed E-state index contributed by atoms with van der Waals surface area (Å²) in [6.45, 7) is 2.48. The minimum absolute atomic E-state index is 0.147. The zero-order chi connectivity index (χ0) is 19.0. The first kappa shape index (κ1) is 17.9. The molecule has 140 valence electrons. The minimum Gasteiger partial charge on any atom is -0.344 e. The van der Waals surface area contributed by atoms with E-state index in [4.69, 9.17) is 0 Å². The molecule has 1 saturated heterocycles.